The fourth-order valence-corrected chi connectivity index (χ4v) is 11.5. The number of rotatable bonds is 4. The largest absolute Gasteiger partial charge is 0.393 e. The van der Waals surface area contributed by atoms with E-state index >= 15 is 0 Å². The highest BCUT2D eigenvalue weighted by atomic mass is 16.8. The van der Waals surface area contributed by atoms with Gasteiger partial charge in [-0.15, -0.1) is 0 Å². The summed E-state index contributed by atoms with van der Waals surface area (Å²) < 4.78 is 60.1. The van der Waals surface area contributed by atoms with Crippen molar-refractivity contribution in [2.75, 3.05) is 7.11 Å². The van der Waals surface area contributed by atoms with Crippen LogP contribution in [-0.4, -0.2) is 121 Å². The average molecular weight is 717 g/mol. The van der Waals surface area contributed by atoms with Gasteiger partial charge >= 0.3 is 0 Å². The summed E-state index contributed by atoms with van der Waals surface area (Å²) in [4.78, 5) is 14.0. The first-order chi connectivity index (χ1) is 24.7. The number of aliphatic hydroxyl groups is 1. The van der Waals surface area contributed by atoms with E-state index in [0.717, 1.165) is 57.8 Å². The van der Waals surface area contributed by atoms with Crippen LogP contribution in [0, 0.1) is 11.8 Å². The zero-order valence-electron chi connectivity index (χ0n) is 30.7. The summed E-state index contributed by atoms with van der Waals surface area (Å²) in [6.45, 7) is 8.74. The van der Waals surface area contributed by atoms with Crippen LogP contribution in [0.25, 0.3) is 0 Å². The number of methoxy groups -OCH3 is 1. The van der Waals surface area contributed by atoms with Crippen molar-refractivity contribution in [3.63, 3.8) is 0 Å². The van der Waals surface area contributed by atoms with Gasteiger partial charge in [-0.1, -0.05) is 20.4 Å². The lowest BCUT2D eigenvalue weighted by Gasteiger charge is -2.47. The van der Waals surface area contributed by atoms with Gasteiger partial charge in [0.15, 0.2) is 5.79 Å². The van der Waals surface area contributed by atoms with Crippen molar-refractivity contribution in [2.24, 2.45) is 11.8 Å². The summed E-state index contributed by atoms with van der Waals surface area (Å²) in [6.07, 6.45) is 8.38. The van der Waals surface area contributed by atoms with Crippen molar-refractivity contribution in [3.05, 3.63) is 12.2 Å². The number of hydrogen-bond acceptors (Lipinski definition) is 11. The lowest BCUT2D eigenvalue weighted by Crippen LogP contribution is -2.61. The number of carbonyl (C=O) groups excluding carboxylic acids is 1. The standard InChI is InChI=1S/C40H60O11/c1-5-22(41)17-32-34(43-4)28-16-23(42)15-25-7-9-30-35(46-25)39-38-37(48-30)36-33(49-38)19-40(50-36,51-39)11-10-26-14-21(3)29(45-26)8-6-24-12-20(2)13-27(44-24)18-31(28)47-32/h20,22,24-39,41H,3,5-19H2,1-2,4H3/t20-,22-,24+,25-,26+,27?,28+,29?,30+,31+,32-,33-,34-,35+,36+,37+,38-,39+,40+/m1/s1. The van der Waals surface area contributed by atoms with E-state index in [0.29, 0.717) is 44.4 Å². The number of aliphatic hydroxyl groups excluding tert-OH is 1. The molecule has 0 aromatic heterocycles. The van der Waals surface area contributed by atoms with E-state index in [4.69, 9.17) is 42.6 Å². The van der Waals surface area contributed by atoms with E-state index in [-0.39, 0.29) is 103 Å². The molecule has 12 bridgehead atoms. The van der Waals surface area contributed by atoms with Crippen molar-refractivity contribution in [2.45, 2.75) is 214 Å². The zero-order valence-corrected chi connectivity index (χ0v) is 30.7. The summed E-state index contributed by atoms with van der Waals surface area (Å²) in [5, 5.41) is 10.6. The Kier molecular flexibility index (Phi) is 9.98. The van der Waals surface area contributed by atoms with E-state index in [1.165, 1.54) is 5.57 Å². The van der Waals surface area contributed by atoms with E-state index in [1.807, 2.05) is 6.92 Å². The second-order valence-corrected chi connectivity index (χ2v) is 17.6. The minimum Gasteiger partial charge on any atom is -0.393 e. The van der Waals surface area contributed by atoms with Gasteiger partial charge in [0.2, 0.25) is 0 Å². The van der Waals surface area contributed by atoms with Gasteiger partial charge in [0.25, 0.3) is 0 Å². The Morgan fingerprint density at radius 3 is 2.39 bits per heavy atom. The van der Waals surface area contributed by atoms with Gasteiger partial charge in [-0.05, 0) is 69.3 Å². The van der Waals surface area contributed by atoms with Crippen molar-refractivity contribution in [1.29, 1.82) is 0 Å². The molecule has 0 radical (unpaired) electrons. The molecule has 0 aliphatic carbocycles. The SMILES string of the molecule is C=C1C[C@@H]2CC[C@@]34C[C@H]5O[C@H]6[C@@H](O3)[C@H]3O[C@H](CC[C@@H]3O[C@H]6[C@H]5O4)CC(=O)C[C@@H]3[C@@H](OC)[C@@H](C[C@H](O)CC)O[C@H]3CC3C[C@H](C)C[C@H](CCC1O2)O3. The highest BCUT2D eigenvalue weighted by Crippen LogP contribution is 2.54. The van der Waals surface area contributed by atoms with Crippen molar-refractivity contribution >= 4 is 5.78 Å². The molecule has 10 fully saturated rings. The van der Waals surface area contributed by atoms with Crippen LogP contribution in [0.1, 0.15) is 110 Å². The molecule has 10 aliphatic heterocycles. The molecule has 0 aromatic carbocycles. The van der Waals surface area contributed by atoms with Gasteiger partial charge in [-0.25, -0.2) is 0 Å². The molecule has 10 aliphatic rings. The van der Waals surface area contributed by atoms with Gasteiger partial charge in [-0.3, -0.25) is 4.79 Å². The van der Waals surface area contributed by atoms with Gasteiger partial charge < -0.3 is 47.7 Å². The molecule has 11 heteroatoms. The maximum absolute atomic E-state index is 14.0. The predicted molar refractivity (Wildman–Crippen MR) is 183 cm³/mol. The molecule has 11 nitrogen and oxygen atoms in total. The maximum atomic E-state index is 14.0. The van der Waals surface area contributed by atoms with Crippen LogP contribution in [0.2, 0.25) is 0 Å². The van der Waals surface area contributed by atoms with E-state index in [1.54, 1.807) is 7.11 Å². The Balaban J connectivity index is 0.983. The minimum absolute atomic E-state index is 0.0239. The summed E-state index contributed by atoms with van der Waals surface area (Å²) in [6, 6.07) is 0. The summed E-state index contributed by atoms with van der Waals surface area (Å²) in [5.41, 5.74) is 1.17. The number of hydrogen-bond donors (Lipinski definition) is 1. The number of ketones is 1. The van der Waals surface area contributed by atoms with E-state index < -0.39 is 11.9 Å². The fourth-order valence-electron chi connectivity index (χ4n) is 11.5. The summed E-state index contributed by atoms with van der Waals surface area (Å²) in [5.74, 6) is -0.214. The average Bonchev–Trinajstić information content (AvgIpc) is 3.77. The fraction of sp³-hybridized carbons (Fsp3) is 0.925. The molecule has 0 saturated carbocycles. The molecule has 1 spiro atoms. The Bertz CT molecular complexity index is 1290. The smallest absolute Gasteiger partial charge is 0.172 e. The van der Waals surface area contributed by atoms with Crippen LogP contribution in [0.5, 0.6) is 0 Å². The Morgan fingerprint density at radius 1 is 0.784 bits per heavy atom. The monoisotopic (exact) mass is 716 g/mol. The number of ether oxygens (including phenoxy) is 9. The molecule has 10 heterocycles. The number of carbonyl (C=O) groups is 1. The molecule has 0 amide bonds. The quantitative estimate of drug-likeness (QED) is 0.407. The molecule has 0 aromatic rings. The maximum Gasteiger partial charge on any atom is 0.172 e. The Hall–Kier alpha value is -0.990. The van der Waals surface area contributed by atoms with Crippen molar-refractivity contribution in [3.8, 4) is 0 Å². The van der Waals surface area contributed by atoms with E-state index in [2.05, 4.69) is 13.5 Å². The first-order valence-corrected chi connectivity index (χ1v) is 20.4. The number of fused-ring (bicyclic) bond motifs is 6. The summed E-state index contributed by atoms with van der Waals surface area (Å²) >= 11 is 0. The molecule has 10 saturated heterocycles. The van der Waals surface area contributed by atoms with Gasteiger partial charge in [0.1, 0.15) is 36.3 Å². The van der Waals surface area contributed by atoms with Gasteiger partial charge in [0, 0.05) is 51.6 Å². The molecule has 1 N–H and O–H groups in total. The predicted octanol–water partition coefficient (Wildman–Crippen LogP) is 4.72. The Morgan fingerprint density at radius 2 is 1.55 bits per heavy atom. The molecule has 10 rings (SSSR count). The van der Waals surface area contributed by atoms with Crippen LogP contribution in [-0.2, 0) is 47.4 Å². The van der Waals surface area contributed by atoms with Crippen LogP contribution in [0.4, 0.5) is 0 Å². The highest BCUT2D eigenvalue weighted by Gasteiger charge is 2.68. The van der Waals surface area contributed by atoms with Crippen molar-refractivity contribution in [1.82, 2.24) is 0 Å². The highest BCUT2D eigenvalue weighted by molar-refractivity contribution is 5.79. The van der Waals surface area contributed by atoms with Gasteiger partial charge in [-0.2, -0.15) is 0 Å². The lowest BCUT2D eigenvalue weighted by atomic mass is 9.83. The Labute approximate surface area is 302 Å². The third-order valence-corrected chi connectivity index (χ3v) is 13.9. The second kappa shape index (κ2) is 14.3. The summed E-state index contributed by atoms with van der Waals surface area (Å²) in [7, 11) is 1.71. The van der Waals surface area contributed by atoms with Crippen molar-refractivity contribution < 1.29 is 52.5 Å². The van der Waals surface area contributed by atoms with Gasteiger partial charge in [0.05, 0.1) is 67.1 Å². The molecular formula is C40H60O11. The second-order valence-electron chi connectivity index (χ2n) is 17.6. The third-order valence-electron chi connectivity index (χ3n) is 13.9. The van der Waals surface area contributed by atoms with Crippen LogP contribution < -0.4 is 0 Å². The molecule has 19 atom stereocenters. The topological polar surface area (TPSA) is 120 Å². The normalized spacial score (nSPS) is 53.1. The molecule has 51 heavy (non-hydrogen) atoms. The first kappa shape index (κ1) is 35.7. The lowest BCUT2D eigenvalue weighted by molar-refractivity contribution is -0.292. The first-order valence-electron chi connectivity index (χ1n) is 20.4. The molecule has 2 unspecified atom stereocenters. The molecular weight excluding hydrogens is 656 g/mol. The van der Waals surface area contributed by atoms with Crippen LogP contribution in [0.15, 0.2) is 12.2 Å². The van der Waals surface area contributed by atoms with E-state index in [9.17, 15) is 9.90 Å². The third kappa shape index (κ3) is 6.82. The zero-order chi connectivity index (χ0) is 35.0. The van der Waals surface area contributed by atoms with Crippen LogP contribution in [0.3, 0.4) is 0 Å². The number of Topliss-reactive ketones (excluding diaryl/α,β-unsaturated/α-hetero) is 1. The minimum atomic E-state index is -0.761. The molecule has 286 valence electrons. The van der Waals surface area contributed by atoms with Crippen LogP contribution >= 0.6 is 0 Å².